The second-order valence-electron chi connectivity index (χ2n) is 5.54. The van der Waals surface area contributed by atoms with Gasteiger partial charge in [0, 0.05) is 17.2 Å². The minimum absolute atomic E-state index is 0. The summed E-state index contributed by atoms with van der Waals surface area (Å²) in [5.74, 6) is 0.480. The zero-order valence-electron chi connectivity index (χ0n) is 13.9. The van der Waals surface area contributed by atoms with Gasteiger partial charge in [-0.3, -0.25) is 0 Å². The van der Waals surface area contributed by atoms with Crippen LogP contribution in [0.15, 0.2) is 60.8 Å². The summed E-state index contributed by atoms with van der Waals surface area (Å²) in [7, 11) is 0. The Morgan fingerprint density at radius 2 is 1.56 bits per heavy atom. The molecule has 0 saturated heterocycles. The zero-order valence-corrected chi connectivity index (χ0v) is 18.3. The number of aromatic amines is 1. The summed E-state index contributed by atoms with van der Waals surface area (Å²) in [6, 6.07) is 16.8. The van der Waals surface area contributed by atoms with Gasteiger partial charge in [-0.05, 0) is 24.4 Å². The van der Waals surface area contributed by atoms with Crippen LogP contribution in [0.1, 0.15) is 0 Å². The molecule has 0 amide bonds. The van der Waals surface area contributed by atoms with Crippen molar-refractivity contribution in [3.8, 4) is 34.0 Å². The molecule has 5 nitrogen and oxygen atoms in total. The van der Waals surface area contributed by atoms with Crippen molar-refractivity contribution in [1.82, 2.24) is 19.9 Å². The molecule has 2 heterocycles. The minimum Gasteiger partial charge on any atom is -0.410 e. The molecule has 0 aliphatic heterocycles. The van der Waals surface area contributed by atoms with Gasteiger partial charge in [0.05, 0.1) is 27.0 Å². The number of aromatic nitrogens is 4. The van der Waals surface area contributed by atoms with Crippen LogP contribution in [0.2, 0.25) is 10.0 Å². The maximum absolute atomic E-state index is 7.70. The maximum atomic E-state index is 7.70. The third-order valence-corrected chi connectivity index (χ3v) is 4.49. The summed E-state index contributed by atoms with van der Waals surface area (Å²) >= 11 is 12.7. The van der Waals surface area contributed by atoms with Crippen LogP contribution in [0.25, 0.3) is 39.8 Å². The third kappa shape index (κ3) is 4.07. The van der Waals surface area contributed by atoms with E-state index in [4.69, 9.17) is 33.9 Å². The molecule has 2 aromatic heterocycles. The van der Waals surface area contributed by atoms with Crippen LogP contribution in [-0.4, -0.2) is 19.9 Å². The molecular formula is C19H12Cl2N5Y+2. The van der Waals surface area contributed by atoms with Gasteiger partial charge < -0.3 is 20.7 Å². The van der Waals surface area contributed by atoms with Gasteiger partial charge in [0.25, 0.3) is 0 Å². The second kappa shape index (κ2) is 8.49. The van der Waals surface area contributed by atoms with Crippen LogP contribution in [-0.2, 0) is 32.7 Å². The molecule has 0 saturated carbocycles. The molecule has 0 aliphatic carbocycles. The first kappa shape index (κ1) is 20.0. The fourth-order valence-corrected chi connectivity index (χ4v) is 3.28. The van der Waals surface area contributed by atoms with Crippen LogP contribution < -0.4 is 0 Å². The molecule has 0 aliphatic rings. The standard InChI is InChI=1S/C19H12Cl2N5.Y/c20-12-7-4-8-13(21)15(12)18-25-16(11-5-2-1-3-6-11)17(26-18)14-9-10-23-19(22)24-14;/h1-10H,(H2-,22,23,24,25,26);/q-1;+3. The monoisotopic (exact) mass is 469 g/mol. The van der Waals surface area contributed by atoms with Gasteiger partial charge in [-0.1, -0.05) is 59.6 Å². The van der Waals surface area contributed by atoms with Crippen LogP contribution in [0, 0.1) is 0 Å². The maximum Gasteiger partial charge on any atom is 3.00 e. The normalized spacial score (nSPS) is 10.4. The average Bonchev–Trinajstić information content (AvgIpc) is 3.07. The number of benzene rings is 2. The molecule has 0 spiro atoms. The smallest absolute Gasteiger partial charge is 0.410 e. The van der Waals surface area contributed by atoms with E-state index in [2.05, 4.69) is 15.0 Å². The molecular weight excluding hydrogens is 458 g/mol. The molecule has 0 radical (unpaired) electrons. The molecule has 4 aromatic rings. The first-order valence-corrected chi connectivity index (χ1v) is 8.54. The number of halogens is 2. The summed E-state index contributed by atoms with van der Waals surface area (Å²) in [6.45, 7) is 0. The van der Waals surface area contributed by atoms with E-state index < -0.39 is 0 Å². The Morgan fingerprint density at radius 1 is 0.852 bits per heavy atom. The molecule has 0 bridgehead atoms. The summed E-state index contributed by atoms with van der Waals surface area (Å²) in [4.78, 5) is 16.0. The Bertz CT molecular complexity index is 1060. The number of rotatable bonds is 3. The van der Waals surface area contributed by atoms with Crippen molar-refractivity contribution < 1.29 is 32.7 Å². The fourth-order valence-electron chi connectivity index (χ4n) is 2.70. The Kier molecular flexibility index (Phi) is 6.27. The molecule has 2 aromatic carbocycles. The van der Waals surface area contributed by atoms with Crippen molar-refractivity contribution in [2.75, 3.05) is 0 Å². The minimum atomic E-state index is -0.0616. The first-order chi connectivity index (χ1) is 12.6. The molecule has 128 valence electrons. The Hall–Kier alpha value is -1.79. The van der Waals surface area contributed by atoms with Crippen LogP contribution in [0.3, 0.4) is 0 Å². The molecule has 2 N–H and O–H groups in total. The molecule has 0 fully saturated rings. The molecule has 0 unspecified atom stereocenters. The number of nitrogens with one attached hydrogen (secondary N) is 2. The largest absolute Gasteiger partial charge is 3.00 e. The van der Waals surface area contributed by atoms with Gasteiger partial charge >= 0.3 is 32.7 Å². The first-order valence-electron chi connectivity index (χ1n) is 7.78. The van der Waals surface area contributed by atoms with E-state index in [1.54, 1.807) is 30.5 Å². The van der Waals surface area contributed by atoms with Gasteiger partial charge in [-0.2, -0.15) is 0 Å². The van der Waals surface area contributed by atoms with Crippen molar-refractivity contribution in [2.45, 2.75) is 0 Å². The Balaban J connectivity index is 0.00000210. The predicted octanol–water partition coefficient (Wildman–Crippen LogP) is 6.19. The van der Waals surface area contributed by atoms with Gasteiger partial charge in [-0.15, -0.1) is 0 Å². The summed E-state index contributed by atoms with van der Waals surface area (Å²) in [5.41, 5.74) is 11.2. The zero-order chi connectivity index (χ0) is 18.1. The molecule has 0 atom stereocenters. The summed E-state index contributed by atoms with van der Waals surface area (Å²) in [6.07, 6.45) is 1.54. The van der Waals surface area contributed by atoms with Gasteiger partial charge in [0.15, 0.2) is 0 Å². The Labute approximate surface area is 191 Å². The van der Waals surface area contributed by atoms with E-state index >= 15 is 0 Å². The summed E-state index contributed by atoms with van der Waals surface area (Å²) < 4.78 is 0. The third-order valence-electron chi connectivity index (χ3n) is 3.86. The number of H-pyrrole nitrogens is 1. The summed E-state index contributed by atoms with van der Waals surface area (Å²) in [5, 5.41) is 1.00. The number of hydrogen-bond acceptors (Lipinski definition) is 3. The van der Waals surface area contributed by atoms with Crippen molar-refractivity contribution >= 4 is 29.2 Å². The molecule has 4 rings (SSSR count). The topological polar surface area (TPSA) is 78.3 Å². The van der Waals surface area contributed by atoms with Crippen LogP contribution >= 0.6 is 23.2 Å². The number of hydrogen-bond donors (Lipinski definition) is 1. The van der Waals surface area contributed by atoms with Gasteiger partial charge in [0.1, 0.15) is 5.82 Å². The van der Waals surface area contributed by atoms with E-state index in [1.807, 2.05) is 30.3 Å². The fraction of sp³-hybridized carbons (Fsp3) is 0. The van der Waals surface area contributed by atoms with Crippen LogP contribution in [0.5, 0.6) is 0 Å². The predicted molar refractivity (Wildman–Crippen MR) is 104 cm³/mol. The Morgan fingerprint density at radius 3 is 2.22 bits per heavy atom. The van der Waals surface area contributed by atoms with E-state index in [0.29, 0.717) is 38.5 Å². The van der Waals surface area contributed by atoms with Crippen molar-refractivity contribution in [3.05, 3.63) is 76.6 Å². The van der Waals surface area contributed by atoms with Crippen LogP contribution in [0.4, 0.5) is 5.95 Å². The van der Waals surface area contributed by atoms with Crippen molar-refractivity contribution in [1.29, 1.82) is 0 Å². The second-order valence-corrected chi connectivity index (χ2v) is 6.35. The number of imidazole rings is 1. The van der Waals surface area contributed by atoms with E-state index in [9.17, 15) is 0 Å². The van der Waals surface area contributed by atoms with E-state index in [1.165, 1.54) is 0 Å². The molecule has 27 heavy (non-hydrogen) atoms. The van der Waals surface area contributed by atoms with Crippen molar-refractivity contribution in [2.24, 2.45) is 0 Å². The SMILES string of the molecule is [NH-]c1nccc(-c2[nH]c(-c3c(Cl)cccc3Cl)nc2-c2ccccc2)n1.[Y+3]. The van der Waals surface area contributed by atoms with Crippen molar-refractivity contribution in [3.63, 3.8) is 0 Å². The average molecular weight is 470 g/mol. The van der Waals surface area contributed by atoms with Gasteiger partial charge in [0.2, 0.25) is 0 Å². The van der Waals surface area contributed by atoms with Gasteiger partial charge in [-0.25, -0.2) is 4.98 Å². The number of nitrogens with zero attached hydrogens (tertiary/aromatic N) is 3. The van der Waals surface area contributed by atoms with E-state index in [0.717, 1.165) is 5.56 Å². The van der Waals surface area contributed by atoms with E-state index in [-0.39, 0.29) is 38.7 Å². The quantitative estimate of drug-likeness (QED) is 0.388. The molecule has 8 heteroatoms.